The van der Waals surface area contributed by atoms with E-state index in [0.29, 0.717) is 0 Å². The van der Waals surface area contributed by atoms with Crippen molar-refractivity contribution in [1.29, 1.82) is 0 Å². The van der Waals surface area contributed by atoms with Crippen molar-refractivity contribution in [3.63, 3.8) is 0 Å². The molecule has 118 valence electrons. The Morgan fingerprint density at radius 3 is 2.57 bits per heavy atom. The van der Waals surface area contributed by atoms with Gasteiger partial charge in [0.05, 0.1) is 0 Å². The lowest BCUT2D eigenvalue weighted by Crippen LogP contribution is -2.33. The van der Waals surface area contributed by atoms with E-state index in [0.717, 1.165) is 35.4 Å². The SMILES string of the molecule is CN(CCNc1cc(Br)nc(C(C)(C)C)n1)C1CCCC1. The van der Waals surface area contributed by atoms with Gasteiger partial charge in [-0.2, -0.15) is 0 Å². The maximum atomic E-state index is 4.63. The molecule has 1 heterocycles. The molecule has 0 radical (unpaired) electrons. The van der Waals surface area contributed by atoms with Crippen molar-refractivity contribution < 1.29 is 0 Å². The van der Waals surface area contributed by atoms with E-state index in [2.05, 4.69) is 63.9 Å². The average molecular weight is 355 g/mol. The van der Waals surface area contributed by atoms with Crippen molar-refractivity contribution in [2.45, 2.75) is 57.9 Å². The number of nitrogens with one attached hydrogen (secondary N) is 1. The number of nitrogens with zero attached hydrogens (tertiary/aromatic N) is 3. The summed E-state index contributed by atoms with van der Waals surface area (Å²) in [5.74, 6) is 1.77. The van der Waals surface area contributed by atoms with E-state index in [4.69, 9.17) is 0 Å². The normalized spacial score (nSPS) is 16.7. The maximum Gasteiger partial charge on any atom is 0.137 e. The Labute approximate surface area is 136 Å². The molecular formula is C16H27BrN4. The fraction of sp³-hybridized carbons (Fsp3) is 0.750. The number of halogens is 1. The zero-order valence-electron chi connectivity index (χ0n) is 13.6. The second-order valence-corrected chi connectivity index (χ2v) is 7.81. The minimum atomic E-state index is -0.0408. The van der Waals surface area contributed by atoms with Crippen molar-refractivity contribution in [3.05, 3.63) is 16.5 Å². The Hall–Kier alpha value is -0.680. The third-order valence-corrected chi connectivity index (χ3v) is 4.49. The Morgan fingerprint density at radius 2 is 1.95 bits per heavy atom. The van der Waals surface area contributed by atoms with Gasteiger partial charge in [-0.05, 0) is 35.8 Å². The summed E-state index contributed by atoms with van der Waals surface area (Å²) < 4.78 is 0.842. The molecule has 0 bridgehead atoms. The number of aromatic nitrogens is 2. The van der Waals surface area contributed by atoms with Gasteiger partial charge in [0.1, 0.15) is 16.2 Å². The first-order valence-corrected chi connectivity index (χ1v) is 8.65. The summed E-state index contributed by atoms with van der Waals surface area (Å²) in [6.07, 6.45) is 5.47. The lowest BCUT2D eigenvalue weighted by atomic mass is 9.96. The molecule has 1 aliphatic carbocycles. The molecule has 1 aliphatic rings. The zero-order chi connectivity index (χ0) is 15.5. The number of likely N-dealkylation sites (N-methyl/N-ethyl adjacent to an activating group) is 1. The maximum absolute atomic E-state index is 4.63. The van der Waals surface area contributed by atoms with Gasteiger partial charge in [0, 0.05) is 30.6 Å². The number of rotatable bonds is 5. The van der Waals surface area contributed by atoms with Gasteiger partial charge in [-0.1, -0.05) is 33.6 Å². The molecule has 4 nitrogen and oxygen atoms in total. The van der Waals surface area contributed by atoms with Crippen molar-refractivity contribution in [3.8, 4) is 0 Å². The number of hydrogen-bond donors (Lipinski definition) is 1. The molecule has 21 heavy (non-hydrogen) atoms. The Bertz CT molecular complexity index is 464. The van der Waals surface area contributed by atoms with Crippen LogP contribution in [0.25, 0.3) is 0 Å². The number of anilines is 1. The molecule has 0 saturated heterocycles. The Balaban J connectivity index is 1.89. The highest BCUT2D eigenvalue weighted by atomic mass is 79.9. The molecule has 5 heteroatoms. The van der Waals surface area contributed by atoms with Crippen LogP contribution in [0.5, 0.6) is 0 Å². The van der Waals surface area contributed by atoms with E-state index in [1.165, 1.54) is 25.7 Å². The fourth-order valence-corrected chi connectivity index (χ4v) is 3.12. The minimum Gasteiger partial charge on any atom is -0.369 e. The van der Waals surface area contributed by atoms with Crippen molar-refractivity contribution >= 4 is 21.7 Å². The van der Waals surface area contributed by atoms with E-state index >= 15 is 0 Å². The zero-order valence-corrected chi connectivity index (χ0v) is 15.2. The van der Waals surface area contributed by atoms with Crippen LogP contribution in [0.15, 0.2) is 10.7 Å². The lowest BCUT2D eigenvalue weighted by molar-refractivity contribution is 0.254. The molecular weight excluding hydrogens is 328 g/mol. The first-order valence-electron chi connectivity index (χ1n) is 7.85. The molecule has 1 aromatic rings. The smallest absolute Gasteiger partial charge is 0.137 e. The largest absolute Gasteiger partial charge is 0.369 e. The van der Waals surface area contributed by atoms with Crippen molar-refractivity contribution in [2.24, 2.45) is 0 Å². The number of hydrogen-bond acceptors (Lipinski definition) is 4. The summed E-state index contributed by atoms with van der Waals surface area (Å²) in [6, 6.07) is 2.72. The van der Waals surface area contributed by atoms with Crippen LogP contribution in [0.3, 0.4) is 0 Å². The molecule has 0 aliphatic heterocycles. The summed E-state index contributed by atoms with van der Waals surface area (Å²) in [4.78, 5) is 11.6. The molecule has 0 unspecified atom stereocenters. The van der Waals surface area contributed by atoms with Crippen LogP contribution in [-0.4, -0.2) is 41.0 Å². The van der Waals surface area contributed by atoms with Crippen LogP contribution in [0, 0.1) is 0 Å². The molecule has 1 saturated carbocycles. The monoisotopic (exact) mass is 354 g/mol. The molecule has 1 aromatic heterocycles. The van der Waals surface area contributed by atoms with Crippen molar-refractivity contribution in [2.75, 3.05) is 25.5 Å². The van der Waals surface area contributed by atoms with Crippen LogP contribution in [-0.2, 0) is 5.41 Å². The average Bonchev–Trinajstić information content (AvgIpc) is 2.90. The van der Waals surface area contributed by atoms with E-state index in [9.17, 15) is 0 Å². The molecule has 1 fully saturated rings. The highest BCUT2D eigenvalue weighted by molar-refractivity contribution is 9.10. The van der Waals surface area contributed by atoms with E-state index in [1.807, 2.05) is 6.07 Å². The van der Waals surface area contributed by atoms with E-state index in [-0.39, 0.29) is 5.41 Å². The highest BCUT2D eigenvalue weighted by Gasteiger charge is 2.20. The van der Waals surface area contributed by atoms with Crippen LogP contribution in [0.2, 0.25) is 0 Å². The first kappa shape index (κ1) is 16.7. The predicted molar refractivity (Wildman–Crippen MR) is 91.8 cm³/mol. The third kappa shape index (κ3) is 4.92. The summed E-state index contributed by atoms with van der Waals surface area (Å²) in [5, 5.41) is 3.43. The molecule has 2 rings (SSSR count). The predicted octanol–water partition coefficient (Wildman–Crippen LogP) is 3.82. The van der Waals surface area contributed by atoms with Gasteiger partial charge in [-0.15, -0.1) is 0 Å². The summed E-state index contributed by atoms with van der Waals surface area (Å²) in [6.45, 7) is 8.36. The third-order valence-electron chi connectivity index (χ3n) is 4.08. The van der Waals surface area contributed by atoms with Gasteiger partial charge in [-0.25, -0.2) is 9.97 Å². The van der Waals surface area contributed by atoms with Gasteiger partial charge >= 0.3 is 0 Å². The van der Waals surface area contributed by atoms with Crippen LogP contribution in [0.4, 0.5) is 5.82 Å². The second-order valence-electron chi connectivity index (χ2n) is 7.00. The van der Waals surface area contributed by atoms with Gasteiger partial charge in [-0.3, -0.25) is 0 Å². The minimum absolute atomic E-state index is 0.0408. The van der Waals surface area contributed by atoms with Crippen LogP contribution >= 0.6 is 15.9 Å². The fourth-order valence-electron chi connectivity index (χ4n) is 2.73. The molecule has 1 N–H and O–H groups in total. The van der Waals surface area contributed by atoms with Crippen LogP contribution < -0.4 is 5.32 Å². The molecule has 0 spiro atoms. The van der Waals surface area contributed by atoms with E-state index < -0.39 is 0 Å². The highest BCUT2D eigenvalue weighted by Crippen LogP contribution is 2.23. The lowest BCUT2D eigenvalue weighted by Gasteiger charge is -2.24. The summed E-state index contributed by atoms with van der Waals surface area (Å²) in [5.41, 5.74) is -0.0408. The van der Waals surface area contributed by atoms with Crippen LogP contribution in [0.1, 0.15) is 52.3 Å². The van der Waals surface area contributed by atoms with Gasteiger partial charge in [0.2, 0.25) is 0 Å². The standard InChI is InChI=1S/C16H27BrN4/c1-16(2,3)15-19-13(17)11-14(20-15)18-9-10-21(4)12-7-5-6-8-12/h11-12H,5-10H2,1-4H3,(H,18,19,20). The quantitative estimate of drug-likeness (QED) is 0.816. The van der Waals surface area contributed by atoms with Crippen molar-refractivity contribution in [1.82, 2.24) is 14.9 Å². The molecule has 0 atom stereocenters. The Kier molecular flexibility index (Phi) is 5.60. The summed E-state index contributed by atoms with van der Waals surface area (Å²) >= 11 is 3.48. The molecule has 0 amide bonds. The van der Waals surface area contributed by atoms with Gasteiger partial charge < -0.3 is 10.2 Å². The topological polar surface area (TPSA) is 41.0 Å². The first-order chi connectivity index (χ1) is 9.86. The van der Waals surface area contributed by atoms with Gasteiger partial charge in [0.15, 0.2) is 0 Å². The second kappa shape index (κ2) is 7.05. The molecule has 0 aromatic carbocycles. The van der Waals surface area contributed by atoms with E-state index in [1.54, 1.807) is 0 Å². The van der Waals surface area contributed by atoms with Gasteiger partial charge in [0.25, 0.3) is 0 Å². The summed E-state index contributed by atoms with van der Waals surface area (Å²) in [7, 11) is 2.23. The Morgan fingerprint density at radius 1 is 1.29 bits per heavy atom.